The zero-order valence-electron chi connectivity index (χ0n) is 12.6. The summed E-state index contributed by atoms with van der Waals surface area (Å²) in [5, 5.41) is 2.82. The van der Waals surface area contributed by atoms with Gasteiger partial charge in [-0.15, -0.1) is 0 Å². The molecule has 0 fully saturated rings. The minimum atomic E-state index is -0.0999. The normalized spacial score (nSPS) is 10.6. The molecular weight excluding hydrogens is 254 g/mol. The van der Waals surface area contributed by atoms with Crippen LogP contribution in [0.5, 0.6) is 5.75 Å². The summed E-state index contributed by atoms with van der Waals surface area (Å²) in [6.07, 6.45) is 0.822. The van der Waals surface area contributed by atoms with E-state index in [0.29, 0.717) is 19.1 Å². The summed E-state index contributed by atoms with van der Waals surface area (Å²) in [5.74, 6) is 1.20. The van der Waals surface area contributed by atoms with Gasteiger partial charge in [-0.2, -0.15) is 0 Å². The maximum Gasteiger partial charge on any atom is 0.257 e. The highest BCUT2D eigenvalue weighted by molar-refractivity contribution is 5.77. The number of carbonyl (C=O) groups excluding carboxylic acids is 1. The molecule has 0 bridgehead atoms. The monoisotopic (exact) mass is 279 g/mol. The van der Waals surface area contributed by atoms with E-state index in [9.17, 15) is 4.79 Å². The minimum Gasteiger partial charge on any atom is -0.484 e. The maximum absolute atomic E-state index is 11.6. The van der Waals surface area contributed by atoms with Crippen LogP contribution in [0.2, 0.25) is 0 Å². The number of aryl methyl sites for hydroxylation is 1. The summed E-state index contributed by atoms with van der Waals surface area (Å²) in [6, 6.07) is 7.66. The lowest BCUT2D eigenvalue weighted by Gasteiger charge is -2.10. The van der Waals surface area contributed by atoms with Crippen molar-refractivity contribution in [3.05, 3.63) is 29.8 Å². The van der Waals surface area contributed by atoms with Crippen LogP contribution < -0.4 is 10.1 Å². The summed E-state index contributed by atoms with van der Waals surface area (Å²) in [7, 11) is 0. The molecule has 0 atom stereocenters. The van der Waals surface area contributed by atoms with E-state index in [2.05, 4.69) is 19.2 Å². The number of rotatable bonds is 9. The second kappa shape index (κ2) is 9.37. The quantitative estimate of drug-likeness (QED) is 0.707. The van der Waals surface area contributed by atoms with Crippen LogP contribution in [0.15, 0.2) is 24.3 Å². The molecule has 112 valence electrons. The number of hydrogen-bond acceptors (Lipinski definition) is 3. The van der Waals surface area contributed by atoms with Crippen LogP contribution in [0.4, 0.5) is 0 Å². The van der Waals surface area contributed by atoms with Gasteiger partial charge in [0.2, 0.25) is 0 Å². The van der Waals surface area contributed by atoms with Gasteiger partial charge in [-0.3, -0.25) is 4.79 Å². The van der Waals surface area contributed by atoms with Crippen molar-refractivity contribution in [2.24, 2.45) is 5.92 Å². The van der Waals surface area contributed by atoms with Crippen LogP contribution in [0.1, 0.15) is 25.8 Å². The molecule has 1 aromatic rings. The van der Waals surface area contributed by atoms with Gasteiger partial charge in [-0.05, 0) is 30.9 Å². The number of nitrogens with one attached hydrogen (secondary N) is 1. The zero-order chi connectivity index (χ0) is 14.8. The summed E-state index contributed by atoms with van der Waals surface area (Å²) in [5.41, 5.74) is 1.03. The highest BCUT2D eigenvalue weighted by atomic mass is 16.5. The zero-order valence-corrected chi connectivity index (χ0v) is 12.6. The van der Waals surface area contributed by atoms with Crippen LogP contribution in [0.25, 0.3) is 0 Å². The van der Waals surface area contributed by atoms with E-state index >= 15 is 0 Å². The number of ether oxygens (including phenoxy) is 2. The van der Waals surface area contributed by atoms with Crippen LogP contribution in [-0.4, -0.2) is 32.3 Å². The lowest BCUT2D eigenvalue weighted by atomic mass is 10.2. The molecule has 1 amide bonds. The van der Waals surface area contributed by atoms with E-state index in [0.717, 1.165) is 24.3 Å². The Kier molecular flexibility index (Phi) is 7.73. The summed E-state index contributed by atoms with van der Waals surface area (Å²) in [6.45, 7) is 8.31. The first-order valence-electron chi connectivity index (χ1n) is 7.12. The standard InChI is InChI=1S/C16H25NO3/c1-13(2)11-19-10-6-9-17-16(18)12-20-15-8-5-4-7-14(15)3/h4-5,7-8,13H,6,9-12H2,1-3H3,(H,17,18). The molecule has 20 heavy (non-hydrogen) atoms. The van der Waals surface area contributed by atoms with Gasteiger partial charge in [-0.1, -0.05) is 32.0 Å². The largest absolute Gasteiger partial charge is 0.484 e. The van der Waals surface area contributed by atoms with Crippen molar-refractivity contribution in [2.75, 3.05) is 26.4 Å². The van der Waals surface area contributed by atoms with Crippen molar-refractivity contribution < 1.29 is 14.3 Å². The number of benzene rings is 1. The molecule has 1 aromatic carbocycles. The van der Waals surface area contributed by atoms with E-state index in [1.165, 1.54) is 0 Å². The molecule has 0 aliphatic heterocycles. The molecule has 0 unspecified atom stereocenters. The molecule has 1 N–H and O–H groups in total. The molecule has 1 rings (SSSR count). The van der Waals surface area contributed by atoms with E-state index in [1.54, 1.807) is 0 Å². The van der Waals surface area contributed by atoms with Crippen LogP contribution in [0, 0.1) is 12.8 Å². The molecule has 4 heteroatoms. The smallest absolute Gasteiger partial charge is 0.257 e. The summed E-state index contributed by atoms with van der Waals surface area (Å²) >= 11 is 0. The number of hydrogen-bond donors (Lipinski definition) is 1. The first-order valence-corrected chi connectivity index (χ1v) is 7.12. The highest BCUT2D eigenvalue weighted by Gasteiger charge is 2.03. The second-order valence-corrected chi connectivity index (χ2v) is 5.23. The lowest BCUT2D eigenvalue weighted by Crippen LogP contribution is -2.30. The van der Waals surface area contributed by atoms with Gasteiger partial charge in [-0.25, -0.2) is 0 Å². The third-order valence-electron chi connectivity index (χ3n) is 2.69. The van der Waals surface area contributed by atoms with Crippen molar-refractivity contribution in [1.29, 1.82) is 0 Å². The Morgan fingerprint density at radius 3 is 2.75 bits per heavy atom. The highest BCUT2D eigenvalue weighted by Crippen LogP contribution is 2.15. The average molecular weight is 279 g/mol. The average Bonchev–Trinajstić information content (AvgIpc) is 2.41. The molecule has 0 saturated heterocycles. The van der Waals surface area contributed by atoms with Gasteiger partial charge in [0.05, 0.1) is 0 Å². The Balaban J connectivity index is 2.08. The van der Waals surface area contributed by atoms with Gasteiger partial charge in [0.25, 0.3) is 5.91 Å². The topological polar surface area (TPSA) is 47.6 Å². The van der Waals surface area contributed by atoms with Crippen LogP contribution in [-0.2, 0) is 9.53 Å². The van der Waals surface area contributed by atoms with Crippen molar-refractivity contribution >= 4 is 5.91 Å². The third-order valence-corrected chi connectivity index (χ3v) is 2.69. The molecule has 0 aliphatic rings. The Morgan fingerprint density at radius 1 is 1.30 bits per heavy atom. The first kappa shape index (κ1) is 16.5. The molecule has 0 aromatic heterocycles. The van der Waals surface area contributed by atoms with Crippen molar-refractivity contribution in [3.63, 3.8) is 0 Å². The Hall–Kier alpha value is -1.55. The van der Waals surface area contributed by atoms with Gasteiger partial charge in [0, 0.05) is 19.8 Å². The molecule has 0 heterocycles. The molecule has 0 radical (unpaired) electrons. The summed E-state index contributed by atoms with van der Waals surface area (Å²) < 4.78 is 10.9. The van der Waals surface area contributed by atoms with Gasteiger partial charge in [0.1, 0.15) is 5.75 Å². The molecule has 0 saturated carbocycles. The Labute approximate surface area is 121 Å². The Morgan fingerprint density at radius 2 is 2.05 bits per heavy atom. The fourth-order valence-electron chi connectivity index (χ4n) is 1.63. The predicted octanol–water partition coefficient (Wildman–Crippen LogP) is 2.55. The van der Waals surface area contributed by atoms with Gasteiger partial charge in [0.15, 0.2) is 6.61 Å². The fraction of sp³-hybridized carbons (Fsp3) is 0.562. The molecular formula is C16H25NO3. The molecule has 0 spiro atoms. The fourth-order valence-corrected chi connectivity index (χ4v) is 1.63. The van der Waals surface area contributed by atoms with Crippen LogP contribution >= 0.6 is 0 Å². The third kappa shape index (κ3) is 7.14. The van der Waals surface area contributed by atoms with E-state index < -0.39 is 0 Å². The number of carbonyl (C=O) groups is 1. The van der Waals surface area contributed by atoms with Crippen molar-refractivity contribution in [3.8, 4) is 5.75 Å². The molecule has 4 nitrogen and oxygen atoms in total. The predicted molar refractivity (Wildman–Crippen MR) is 80.0 cm³/mol. The van der Waals surface area contributed by atoms with Gasteiger partial charge < -0.3 is 14.8 Å². The van der Waals surface area contributed by atoms with Crippen molar-refractivity contribution in [2.45, 2.75) is 27.2 Å². The number of para-hydroxylation sites is 1. The lowest BCUT2D eigenvalue weighted by molar-refractivity contribution is -0.123. The SMILES string of the molecule is Cc1ccccc1OCC(=O)NCCCOCC(C)C. The Bertz CT molecular complexity index is 404. The first-order chi connectivity index (χ1) is 9.59. The van der Waals surface area contributed by atoms with E-state index in [-0.39, 0.29) is 12.5 Å². The van der Waals surface area contributed by atoms with E-state index in [1.807, 2.05) is 31.2 Å². The number of amides is 1. The maximum atomic E-state index is 11.6. The molecule has 0 aliphatic carbocycles. The van der Waals surface area contributed by atoms with E-state index in [4.69, 9.17) is 9.47 Å². The van der Waals surface area contributed by atoms with Gasteiger partial charge >= 0.3 is 0 Å². The second-order valence-electron chi connectivity index (χ2n) is 5.23. The van der Waals surface area contributed by atoms with Crippen molar-refractivity contribution in [1.82, 2.24) is 5.32 Å². The van der Waals surface area contributed by atoms with Crippen LogP contribution in [0.3, 0.4) is 0 Å². The minimum absolute atomic E-state index is 0.0533. The summed E-state index contributed by atoms with van der Waals surface area (Å²) in [4.78, 5) is 11.6.